The van der Waals surface area contributed by atoms with Crippen LogP contribution in [0, 0.1) is 0 Å². The van der Waals surface area contributed by atoms with Gasteiger partial charge >= 0.3 is 0 Å². The summed E-state index contributed by atoms with van der Waals surface area (Å²) in [6, 6.07) is 1.77. The van der Waals surface area contributed by atoms with Gasteiger partial charge in [0.1, 0.15) is 5.52 Å². The van der Waals surface area contributed by atoms with Crippen LogP contribution in [0.3, 0.4) is 0 Å². The molecule has 3 rings (SSSR count). The molecule has 0 bridgehead atoms. The van der Waals surface area contributed by atoms with Gasteiger partial charge in [-0.1, -0.05) is 0 Å². The molecule has 6 nitrogen and oxygen atoms in total. The normalized spacial score (nSPS) is 17.3. The molecule has 1 amide bonds. The van der Waals surface area contributed by atoms with Crippen molar-refractivity contribution in [3.05, 3.63) is 17.8 Å². The smallest absolute Gasteiger partial charge is 0.255 e. The lowest BCUT2D eigenvalue weighted by Gasteiger charge is -2.32. The molecule has 2 aromatic heterocycles. The molecular formula is C11H13N5OS. The van der Waals surface area contributed by atoms with E-state index in [1.54, 1.807) is 12.3 Å². The third-order valence-electron chi connectivity index (χ3n) is 3.15. The quantitative estimate of drug-likeness (QED) is 0.748. The second kappa shape index (κ2) is 4.58. The summed E-state index contributed by atoms with van der Waals surface area (Å²) >= 11 is 1.12. The van der Waals surface area contributed by atoms with Crippen LogP contribution >= 0.6 is 11.7 Å². The van der Waals surface area contributed by atoms with E-state index in [0.29, 0.717) is 16.7 Å². The highest BCUT2D eigenvalue weighted by molar-refractivity contribution is 7.00. The number of hydrogen-bond donors (Lipinski definition) is 0. The first-order chi connectivity index (χ1) is 8.74. The van der Waals surface area contributed by atoms with E-state index in [-0.39, 0.29) is 5.91 Å². The molecule has 7 heteroatoms. The van der Waals surface area contributed by atoms with E-state index in [0.717, 1.165) is 37.9 Å². The second-order valence-electron chi connectivity index (χ2n) is 4.43. The van der Waals surface area contributed by atoms with Crippen LogP contribution in [0.4, 0.5) is 0 Å². The van der Waals surface area contributed by atoms with Crippen molar-refractivity contribution < 1.29 is 4.79 Å². The molecule has 0 radical (unpaired) electrons. The van der Waals surface area contributed by atoms with Gasteiger partial charge in [-0.3, -0.25) is 4.79 Å². The summed E-state index contributed by atoms with van der Waals surface area (Å²) in [4.78, 5) is 20.5. The van der Waals surface area contributed by atoms with E-state index in [1.165, 1.54) is 0 Å². The van der Waals surface area contributed by atoms with Crippen molar-refractivity contribution >= 4 is 28.8 Å². The van der Waals surface area contributed by atoms with Crippen LogP contribution in [0.15, 0.2) is 12.3 Å². The molecule has 3 heterocycles. The zero-order valence-electron chi connectivity index (χ0n) is 10.0. The van der Waals surface area contributed by atoms with Crippen LogP contribution < -0.4 is 0 Å². The maximum absolute atomic E-state index is 12.3. The fourth-order valence-electron chi connectivity index (χ4n) is 2.00. The van der Waals surface area contributed by atoms with Crippen molar-refractivity contribution in [3.63, 3.8) is 0 Å². The van der Waals surface area contributed by atoms with E-state index in [1.807, 2.05) is 4.90 Å². The van der Waals surface area contributed by atoms with Crippen molar-refractivity contribution in [2.75, 3.05) is 33.2 Å². The molecule has 0 spiro atoms. The predicted molar refractivity (Wildman–Crippen MR) is 68.6 cm³/mol. The molecule has 18 heavy (non-hydrogen) atoms. The lowest BCUT2D eigenvalue weighted by atomic mass is 10.2. The Morgan fingerprint density at radius 2 is 2.06 bits per heavy atom. The van der Waals surface area contributed by atoms with Gasteiger partial charge in [-0.15, -0.1) is 0 Å². The van der Waals surface area contributed by atoms with Gasteiger partial charge < -0.3 is 9.80 Å². The second-order valence-corrected chi connectivity index (χ2v) is 4.95. The largest absolute Gasteiger partial charge is 0.336 e. The van der Waals surface area contributed by atoms with Gasteiger partial charge in [0.25, 0.3) is 5.91 Å². The predicted octanol–water partition coefficient (Wildman–Crippen LogP) is 0.474. The number of carbonyl (C=O) groups excluding carboxylic acids is 1. The van der Waals surface area contributed by atoms with Crippen molar-refractivity contribution in [3.8, 4) is 0 Å². The van der Waals surface area contributed by atoms with Crippen LogP contribution in [0.25, 0.3) is 11.2 Å². The molecule has 0 unspecified atom stereocenters. The first-order valence-corrected chi connectivity index (χ1v) is 6.53. The van der Waals surface area contributed by atoms with Crippen LogP contribution in [-0.4, -0.2) is 62.7 Å². The van der Waals surface area contributed by atoms with E-state index >= 15 is 0 Å². The van der Waals surface area contributed by atoms with E-state index < -0.39 is 0 Å². The zero-order valence-corrected chi connectivity index (χ0v) is 10.9. The fourth-order valence-corrected chi connectivity index (χ4v) is 2.48. The molecule has 0 atom stereocenters. The van der Waals surface area contributed by atoms with Gasteiger partial charge in [0.15, 0.2) is 5.65 Å². The Hall–Kier alpha value is -1.60. The summed E-state index contributed by atoms with van der Waals surface area (Å²) in [6.07, 6.45) is 1.59. The van der Waals surface area contributed by atoms with Crippen molar-refractivity contribution in [1.82, 2.24) is 23.5 Å². The Bertz CT molecular complexity index is 576. The number of amides is 1. The zero-order chi connectivity index (χ0) is 12.5. The lowest BCUT2D eigenvalue weighted by molar-refractivity contribution is 0.0664. The molecule has 1 aliphatic heterocycles. The maximum Gasteiger partial charge on any atom is 0.255 e. The Kier molecular flexibility index (Phi) is 2.92. The van der Waals surface area contributed by atoms with Gasteiger partial charge in [-0.05, 0) is 13.1 Å². The number of rotatable bonds is 1. The highest BCUT2D eigenvalue weighted by atomic mass is 32.1. The highest BCUT2D eigenvalue weighted by Gasteiger charge is 2.21. The fraction of sp³-hybridized carbons (Fsp3) is 0.455. The average Bonchev–Trinajstić information content (AvgIpc) is 2.86. The number of nitrogens with zero attached hydrogens (tertiary/aromatic N) is 5. The number of pyridine rings is 1. The minimum Gasteiger partial charge on any atom is -0.336 e. The van der Waals surface area contributed by atoms with Crippen LogP contribution in [-0.2, 0) is 0 Å². The third kappa shape index (κ3) is 2.06. The summed E-state index contributed by atoms with van der Waals surface area (Å²) in [7, 11) is 2.07. The topological polar surface area (TPSA) is 62.2 Å². The monoisotopic (exact) mass is 263 g/mol. The van der Waals surface area contributed by atoms with Crippen molar-refractivity contribution in [2.45, 2.75) is 0 Å². The first-order valence-electron chi connectivity index (χ1n) is 5.80. The van der Waals surface area contributed by atoms with E-state index in [9.17, 15) is 4.79 Å². The van der Waals surface area contributed by atoms with Gasteiger partial charge in [-0.25, -0.2) is 4.98 Å². The number of carbonyl (C=O) groups is 1. The van der Waals surface area contributed by atoms with E-state index in [2.05, 4.69) is 25.7 Å². The van der Waals surface area contributed by atoms with Gasteiger partial charge in [0.2, 0.25) is 0 Å². The Labute approximate surface area is 109 Å². The number of piperazine rings is 1. The molecular weight excluding hydrogens is 250 g/mol. The molecule has 0 saturated carbocycles. The average molecular weight is 263 g/mol. The third-order valence-corrected chi connectivity index (χ3v) is 3.68. The summed E-state index contributed by atoms with van der Waals surface area (Å²) in [5.74, 6) is 0.0329. The maximum atomic E-state index is 12.3. The molecule has 0 N–H and O–H groups in total. The summed E-state index contributed by atoms with van der Waals surface area (Å²) < 4.78 is 8.14. The molecule has 1 fully saturated rings. The summed E-state index contributed by atoms with van der Waals surface area (Å²) in [5.41, 5.74) is 1.90. The van der Waals surface area contributed by atoms with Crippen molar-refractivity contribution in [2.24, 2.45) is 0 Å². The molecule has 1 aliphatic rings. The van der Waals surface area contributed by atoms with Crippen LogP contribution in [0.2, 0.25) is 0 Å². The highest BCUT2D eigenvalue weighted by Crippen LogP contribution is 2.13. The number of aromatic nitrogens is 3. The molecule has 94 valence electrons. The van der Waals surface area contributed by atoms with Gasteiger partial charge in [-0.2, -0.15) is 8.75 Å². The minimum absolute atomic E-state index is 0.0329. The van der Waals surface area contributed by atoms with E-state index in [4.69, 9.17) is 0 Å². The molecule has 2 aromatic rings. The molecule has 0 aromatic carbocycles. The van der Waals surface area contributed by atoms with Crippen molar-refractivity contribution in [1.29, 1.82) is 0 Å². The summed E-state index contributed by atoms with van der Waals surface area (Å²) in [5, 5.41) is 0. The number of hydrogen-bond acceptors (Lipinski definition) is 6. The number of likely N-dealkylation sites (N-methyl/N-ethyl adjacent to an activating group) is 1. The van der Waals surface area contributed by atoms with Crippen LogP contribution in [0.1, 0.15) is 10.4 Å². The molecule has 0 aliphatic carbocycles. The van der Waals surface area contributed by atoms with Crippen LogP contribution in [0.5, 0.6) is 0 Å². The Morgan fingerprint density at radius 1 is 1.28 bits per heavy atom. The van der Waals surface area contributed by atoms with Gasteiger partial charge in [0, 0.05) is 32.4 Å². The summed E-state index contributed by atoms with van der Waals surface area (Å²) in [6.45, 7) is 3.37. The molecule has 1 saturated heterocycles. The minimum atomic E-state index is 0.0329. The number of fused-ring (bicyclic) bond motifs is 1. The lowest BCUT2D eigenvalue weighted by Crippen LogP contribution is -2.47. The Balaban J connectivity index is 1.82. The first kappa shape index (κ1) is 11.5. The Morgan fingerprint density at radius 3 is 2.83 bits per heavy atom. The SMILES string of the molecule is CN1CCN(C(=O)c2cnc3nsnc3c2)CC1. The van der Waals surface area contributed by atoms with Gasteiger partial charge in [0.05, 0.1) is 17.3 Å². The standard InChI is InChI=1S/C11H13N5OS/c1-15-2-4-16(5-3-15)11(17)8-6-9-10(12-7-8)14-18-13-9/h6-7H,2-5H2,1H3.